The van der Waals surface area contributed by atoms with E-state index in [1.54, 1.807) is 16.7 Å². The van der Waals surface area contributed by atoms with Crippen LogP contribution in [0, 0.1) is 0 Å². The summed E-state index contributed by atoms with van der Waals surface area (Å²) in [6.45, 7) is 2.18. The summed E-state index contributed by atoms with van der Waals surface area (Å²) in [5, 5.41) is 3.49. The van der Waals surface area contributed by atoms with E-state index < -0.39 is 0 Å². The minimum absolute atomic E-state index is 1.05. The molecule has 1 heteroatoms. The summed E-state index contributed by atoms with van der Waals surface area (Å²) in [7, 11) is 0. The Morgan fingerprint density at radius 2 is 1.79 bits per heavy atom. The fourth-order valence-electron chi connectivity index (χ4n) is 2.95. The molecule has 2 aromatic carbocycles. The molecule has 0 radical (unpaired) electrons. The van der Waals surface area contributed by atoms with Crippen molar-refractivity contribution in [2.45, 2.75) is 32.2 Å². The first kappa shape index (κ1) is 12.4. The van der Waals surface area contributed by atoms with E-state index in [4.69, 9.17) is 0 Å². The molecule has 0 aliphatic carbocycles. The van der Waals surface area contributed by atoms with Gasteiger partial charge in [0.25, 0.3) is 0 Å². The summed E-state index contributed by atoms with van der Waals surface area (Å²) in [4.78, 5) is 0. The van der Waals surface area contributed by atoms with Crippen LogP contribution >= 0.6 is 0 Å². The van der Waals surface area contributed by atoms with Crippen LogP contribution < -0.4 is 5.32 Å². The second-order valence-corrected chi connectivity index (χ2v) is 5.32. The van der Waals surface area contributed by atoms with Gasteiger partial charge in [0.1, 0.15) is 0 Å². The number of benzene rings is 2. The normalized spacial score (nSPS) is 14.1. The zero-order valence-electron chi connectivity index (χ0n) is 11.4. The van der Waals surface area contributed by atoms with Crippen LogP contribution in [0.25, 0.3) is 0 Å². The van der Waals surface area contributed by atoms with Gasteiger partial charge in [-0.3, -0.25) is 0 Å². The van der Waals surface area contributed by atoms with E-state index in [1.165, 1.54) is 31.2 Å². The fraction of sp³-hybridized carbons (Fsp3) is 0.333. The molecule has 0 unspecified atom stereocenters. The van der Waals surface area contributed by atoms with E-state index in [0.29, 0.717) is 0 Å². The van der Waals surface area contributed by atoms with Crippen LogP contribution in [-0.2, 0) is 25.8 Å². The molecule has 0 saturated heterocycles. The molecule has 1 nitrogen and oxygen atoms in total. The van der Waals surface area contributed by atoms with Crippen molar-refractivity contribution >= 4 is 0 Å². The number of fused-ring (bicyclic) bond motifs is 1. The van der Waals surface area contributed by atoms with Crippen LogP contribution in [0.4, 0.5) is 0 Å². The molecule has 19 heavy (non-hydrogen) atoms. The van der Waals surface area contributed by atoms with Gasteiger partial charge in [0.05, 0.1) is 0 Å². The Hall–Kier alpha value is -1.60. The maximum atomic E-state index is 3.49. The minimum Gasteiger partial charge on any atom is -0.312 e. The highest BCUT2D eigenvalue weighted by atomic mass is 14.9. The number of rotatable bonds is 4. The summed E-state index contributed by atoms with van der Waals surface area (Å²) in [5.74, 6) is 0. The van der Waals surface area contributed by atoms with Crippen molar-refractivity contribution in [3.05, 3.63) is 70.8 Å². The third kappa shape index (κ3) is 3.05. The molecule has 0 atom stereocenters. The lowest BCUT2D eigenvalue weighted by molar-refractivity contribution is 0.634. The predicted molar refractivity (Wildman–Crippen MR) is 80.3 cm³/mol. The van der Waals surface area contributed by atoms with Crippen molar-refractivity contribution < 1.29 is 0 Å². The van der Waals surface area contributed by atoms with Crippen LogP contribution in [0.1, 0.15) is 28.7 Å². The lowest BCUT2D eigenvalue weighted by Crippen LogP contribution is -2.24. The average molecular weight is 251 g/mol. The van der Waals surface area contributed by atoms with Gasteiger partial charge in [-0.2, -0.15) is 0 Å². The predicted octanol–water partition coefficient (Wildman–Crippen LogP) is 3.51. The van der Waals surface area contributed by atoms with Gasteiger partial charge >= 0.3 is 0 Å². The minimum atomic E-state index is 1.05. The average Bonchev–Trinajstić information content (AvgIpc) is 2.49. The smallest absolute Gasteiger partial charge is 0.0211 e. The lowest BCUT2D eigenvalue weighted by atomic mass is 9.93. The summed E-state index contributed by atoms with van der Waals surface area (Å²) in [6, 6.07) is 17.6. The second-order valence-electron chi connectivity index (χ2n) is 5.32. The highest BCUT2D eigenvalue weighted by Gasteiger charge is 2.11. The molecular formula is C18H21N. The zero-order valence-corrected chi connectivity index (χ0v) is 11.4. The van der Waals surface area contributed by atoms with E-state index in [9.17, 15) is 0 Å². The van der Waals surface area contributed by atoms with E-state index in [-0.39, 0.29) is 0 Å². The number of hydrogen-bond donors (Lipinski definition) is 1. The maximum Gasteiger partial charge on any atom is 0.0211 e. The Kier molecular flexibility index (Phi) is 3.95. The van der Waals surface area contributed by atoms with Gasteiger partial charge in [-0.05, 0) is 54.5 Å². The fourth-order valence-corrected chi connectivity index (χ4v) is 2.95. The molecular weight excluding hydrogens is 230 g/mol. The molecule has 1 aliphatic heterocycles. The SMILES string of the molecule is c1ccc(CCCc2cccc3c2CNCC3)cc1. The summed E-state index contributed by atoms with van der Waals surface area (Å²) in [5.41, 5.74) is 6.10. The van der Waals surface area contributed by atoms with E-state index in [2.05, 4.69) is 53.8 Å². The maximum absolute atomic E-state index is 3.49. The second kappa shape index (κ2) is 6.03. The van der Waals surface area contributed by atoms with E-state index in [1.807, 2.05) is 0 Å². The Morgan fingerprint density at radius 3 is 2.68 bits per heavy atom. The van der Waals surface area contributed by atoms with Crippen molar-refractivity contribution in [1.29, 1.82) is 0 Å². The lowest BCUT2D eigenvalue weighted by Gasteiger charge is -2.20. The van der Waals surface area contributed by atoms with Gasteiger partial charge < -0.3 is 5.32 Å². The molecule has 0 fully saturated rings. The van der Waals surface area contributed by atoms with Crippen LogP contribution in [0.3, 0.4) is 0 Å². The van der Waals surface area contributed by atoms with Gasteiger partial charge in [0, 0.05) is 6.54 Å². The summed E-state index contributed by atoms with van der Waals surface area (Å²) >= 11 is 0. The van der Waals surface area contributed by atoms with Crippen molar-refractivity contribution in [2.75, 3.05) is 6.54 Å². The third-order valence-electron chi connectivity index (χ3n) is 4.00. The molecule has 0 spiro atoms. The zero-order chi connectivity index (χ0) is 12.9. The van der Waals surface area contributed by atoms with Gasteiger partial charge in [0.2, 0.25) is 0 Å². The van der Waals surface area contributed by atoms with Crippen molar-refractivity contribution in [3.63, 3.8) is 0 Å². The first-order chi connectivity index (χ1) is 9.43. The summed E-state index contributed by atoms with van der Waals surface area (Å²) < 4.78 is 0. The number of nitrogens with one attached hydrogen (secondary N) is 1. The summed E-state index contributed by atoms with van der Waals surface area (Å²) in [6.07, 6.45) is 4.79. The molecule has 98 valence electrons. The van der Waals surface area contributed by atoms with Gasteiger partial charge in [-0.1, -0.05) is 48.5 Å². The van der Waals surface area contributed by atoms with Crippen molar-refractivity contribution in [2.24, 2.45) is 0 Å². The van der Waals surface area contributed by atoms with E-state index >= 15 is 0 Å². The molecule has 1 heterocycles. The Balaban J connectivity index is 1.64. The standard InChI is InChI=1S/C18H21N/c1-2-6-15(7-3-1)8-4-9-16-10-5-11-17-12-13-19-14-18(16)17/h1-3,5-7,10-11,19H,4,8-9,12-14H2. The topological polar surface area (TPSA) is 12.0 Å². The molecule has 2 aromatic rings. The quantitative estimate of drug-likeness (QED) is 0.877. The highest BCUT2D eigenvalue weighted by Crippen LogP contribution is 2.20. The van der Waals surface area contributed by atoms with Crippen molar-refractivity contribution in [1.82, 2.24) is 5.32 Å². The van der Waals surface area contributed by atoms with Crippen molar-refractivity contribution in [3.8, 4) is 0 Å². The number of hydrogen-bond acceptors (Lipinski definition) is 1. The Morgan fingerprint density at radius 1 is 0.895 bits per heavy atom. The molecule has 1 N–H and O–H groups in total. The Labute approximate surface area is 115 Å². The monoisotopic (exact) mass is 251 g/mol. The first-order valence-electron chi connectivity index (χ1n) is 7.28. The molecule has 0 bridgehead atoms. The molecule has 0 saturated carbocycles. The molecule has 3 rings (SSSR count). The molecule has 0 aromatic heterocycles. The largest absolute Gasteiger partial charge is 0.312 e. The van der Waals surface area contributed by atoms with Gasteiger partial charge in [-0.15, -0.1) is 0 Å². The Bertz CT molecular complexity index is 531. The first-order valence-corrected chi connectivity index (χ1v) is 7.28. The number of aryl methyl sites for hydroxylation is 2. The molecule has 0 amide bonds. The highest BCUT2D eigenvalue weighted by molar-refractivity contribution is 5.37. The van der Waals surface area contributed by atoms with Crippen LogP contribution in [0.5, 0.6) is 0 Å². The molecule has 1 aliphatic rings. The third-order valence-corrected chi connectivity index (χ3v) is 4.00. The van der Waals surface area contributed by atoms with Gasteiger partial charge in [0.15, 0.2) is 0 Å². The van der Waals surface area contributed by atoms with Gasteiger partial charge in [-0.25, -0.2) is 0 Å². The van der Waals surface area contributed by atoms with Crippen LogP contribution in [0.2, 0.25) is 0 Å². The van der Waals surface area contributed by atoms with Crippen LogP contribution in [-0.4, -0.2) is 6.54 Å². The van der Waals surface area contributed by atoms with E-state index in [0.717, 1.165) is 13.1 Å². The van der Waals surface area contributed by atoms with Crippen LogP contribution in [0.15, 0.2) is 48.5 Å².